The summed E-state index contributed by atoms with van der Waals surface area (Å²) in [5, 5.41) is 4.08. The quantitative estimate of drug-likeness (QED) is 0.186. The number of fused-ring (bicyclic) bond motifs is 5. The maximum absolute atomic E-state index is 6.42. The third kappa shape index (κ3) is 4.65. The first-order chi connectivity index (χ1) is 24.8. The van der Waals surface area contributed by atoms with Crippen LogP contribution < -0.4 is 0 Å². The van der Waals surface area contributed by atoms with Crippen molar-refractivity contribution in [3.63, 3.8) is 0 Å². The lowest BCUT2D eigenvalue weighted by Crippen LogP contribution is -2.01. The highest BCUT2D eigenvalue weighted by atomic mass is 16.4. The summed E-state index contributed by atoms with van der Waals surface area (Å²) in [7, 11) is 0. The minimum Gasteiger partial charge on any atom is -0.456 e. The molecule has 0 bridgehead atoms. The fraction of sp³-hybridized carbons (Fsp3) is 0. The van der Waals surface area contributed by atoms with Gasteiger partial charge in [-0.3, -0.25) is 0 Å². The molecular formula is C44H26N4O2. The zero-order valence-corrected chi connectivity index (χ0v) is 26.6. The molecule has 3 heterocycles. The summed E-state index contributed by atoms with van der Waals surface area (Å²) in [6, 6.07) is 53.0. The van der Waals surface area contributed by atoms with E-state index in [0.717, 1.165) is 60.5 Å². The smallest absolute Gasteiger partial charge is 0.227 e. The summed E-state index contributed by atoms with van der Waals surface area (Å²) in [5.41, 5.74) is 8.28. The van der Waals surface area contributed by atoms with Crippen molar-refractivity contribution in [2.75, 3.05) is 0 Å². The molecule has 0 N–H and O–H groups in total. The van der Waals surface area contributed by atoms with Gasteiger partial charge in [-0.1, -0.05) is 121 Å². The number of benzene rings is 7. The Morgan fingerprint density at radius 1 is 0.380 bits per heavy atom. The van der Waals surface area contributed by atoms with Crippen LogP contribution in [-0.4, -0.2) is 19.9 Å². The molecule has 3 aromatic heterocycles. The number of rotatable bonds is 5. The van der Waals surface area contributed by atoms with Crippen LogP contribution in [0.15, 0.2) is 167 Å². The molecule has 0 saturated heterocycles. The molecule has 10 aromatic rings. The molecule has 0 saturated carbocycles. The van der Waals surface area contributed by atoms with Gasteiger partial charge in [0.25, 0.3) is 0 Å². The molecule has 10 rings (SSSR count). The van der Waals surface area contributed by atoms with Crippen molar-refractivity contribution in [2.45, 2.75) is 0 Å². The van der Waals surface area contributed by atoms with E-state index < -0.39 is 0 Å². The minimum atomic E-state index is 0.485. The zero-order valence-electron chi connectivity index (χ0n) is 26.6. The summed E-state index contributed by atoms with van der Waals surface area (Å²) in [6.45, 7) is 0. The van der Waals surface area contributed by atoms with Gasteiger partial charge >= 0.3 is 0 Å². The van der Waals surface area contributed by atoms with Gasteiger partial charge in [0.1, 0.15) is 16.7 Å². The molecular weight excluding hydrogens is 617 g/mol. The number of aromatic nitrogens is 4. The van der Waals surface area contributed by atoms with Crippen molar-refractivity contribution >= 4 is 43.8 Å². The van der Waals surface area contributed by atoms with Crippen LogP contribution in [0.5, 0.6) is 0 Å². The van der Waals surface area contributed by atoms with Gasteiger partial charge in [0.15, 0.2) is 23.1 Å². The highest BCUT2D eigenvalue weighted by Gasteiger charge is 2.24. The van der Waals surface area contributed by atoms with E-state index >= 15 is 0 Å². The second kappa shape index (κ2) is 11.4. The summed E-state index contributed by atoms with van der Waals surface area (Å²) < 4.78 is 12.8. The van der Waals surface area contributed by atoms with Gasteiger partial charge in [0, 0.05) is 33.5 Å². The van der Waals surface area contributed by atoms with Crippen LogP contribution in [0.1, 0.15) is 0 Å². The maximum Gasteiger partial charge on any atom is 0.227 e. The Morgan fingerprint density at radius 3 is 1.74 bits per heavy atom. The molecule has 0 aliphatic carbocycles. The number of para-hydroxylation sites is 1. The fourth-order valence-corrected chi connectivity index (χ4v) is 6.82. The molecule has 0 fully saturated rings. The molecule has 6 nitrogen and oxygen atoms in total. The topological polar surface area (TPSA) is 77.8 Å². The molecule has 7 aromatic carbocycles. The lowest BCUT2D eigenvalue weighted by Gasteiger charge is -2.13. The third-order valence-electron chi connectivity index (χ3n) is 9.14. The molecule has 0 atom stereocenters. The molecule has 0 spiro atoms. The Hall–Kier alpha value is -6.92. The largest absolute Gasteiger partial charge is 0.456 e. The van der Waals surface area contributed by atoms with Gasteiger partial charge in [0.05, 0.1) is 5.56 Å². The van der Waals surface area contributed by atoms with Crippen LogP contribution in [0.4, 0.5) is 0 Å². The van der Waals surface area contributed by atoms with Crippen LogP contribution in [-0.2, 0) is 0 Å². The standard InChI is InChI=1S/C44H26N4O2/c1-4-14-27(15-5-1)34-25-31(24-30-20-10-11-21-32(30)34)42-46-41(28-16-6-2-7-17-28)47-43(48-42)39-38-33-22-12-13-23-35(33)49-36(38)26-37-40(39)45-44(50-37)29-18-8-3-9-19-29/h1-26H. The fourth-order valence-electron chi connectivity index (χ4n) is 6.82. The third-order valence-corrected chi connectivity index (χ3v) is 9.14. The molecule has 0 unspecified atom stereocenters. The normalized spacial score (nSPS) is 11.6. The Kier molecular flexibility index (Phi) is 6.39. The van der Waals surface area contributed by atoms with E-state index in [9.17, 15) is 0 Å². The molecule has 0 aliphatic heterocycles. The van der Waals surface area contributed by atoms with E-state index in [1.54, 1.807) is 0 Å². The van der Waals surface area contributed by atoms with Crippen molar-refractivity contribution in [1.82, 2.24) is 19.9 Å². The lowest BCUT2D eigenvalue weighted by molar-refractivity contribution is 0.617. The van der Waals surface area contributed by atoms with Crippen molar-refractivity contribution in [3.05, 3.63) is 158 Å². The van der Waals surface area contributed by atoms with Gasteiger partial charge < -0.3 is 8.83 Å². The zero-order chi connectivity index (χ0) is 33.0. The first-order valence-corrected chi connectivity index (χ1v) is 16.5. The second-order valence-electron chi connectivity index (χ2n) is 12.2. The van der Waals surface area contributed by atoms with E-state index in [2.05, 4.69) is 66.7 Å². The van der Waals surface area contributed by atoms with E-state index in [4.69, 9.17) is 28.8 Å². The summed E-state index contributed by atoms with van der Waals surface area (Å²) >= 11 is 0. The number of hydrogen-bond donors (Lipinski definition) is 0. The van der Waals surface area contributed by atoms with Crippen LogP contribution in [0.3, 0.4) is 0 Å². The van der Waals surface area contributed by atoms with E-state index in [1.807, 2.05) is 91.0 Å². The monoisotopic (exact) mass is 642 g/mol. The number of furan rings is 1. The number of nitrogens with zero attached hydrogens (tertiary/aromatic N) is 4. The van der Waals surface area contributed by atoms with Crippen molar-refractivity contribution in [1.29, 1.82) is 0 Å². The lowest BCUT2D eigenvalue weighted by atomic mass is 9.95. The molecule has 0 aliphatic rings. The average molecular weight is 643 g/mol. The predicted octanol–water partition coefficient (Wildman–Crippen LogP) is 11.4. The van der Waals surface area contributed by atoms with E-state index in [-0.39, 0.29) is 0 Å². The van der Waals surface area contributed by atoms with Crippen molar-refractivity contribution in [2.24, 2.45) is 0 Å². The molecule has 6 heteroatoms. The average Bonchev–Trinajstić information content (AvgIpc) is 3.79. The van der Waals surface area contributed by atoms with Crippen LogP contribution in [0, 0.1) is 0 Å². The van der Waals surface area contributed by atoms with Gasteiger partial charge in [0.2, 0.25) is 5.89 Å². The second-order valence-corrected chi connectivity index (χ2v) is 12.2. The molecule has 50 heavy (non-hydrogen) atoms. The summed E-state index contributed by atoms with van der Waals surface area (Å²) in [6.07, 6.45) is 0. The van der Waals surface area contributed by atoms with Crippen molar-refractivity contribution in [3.8, 4) is 56.7 Å². The Balaban J connectivity index is 1.30. The highest BCUT2D eigenvalue weighted by molar-refractivity contribution is 6.18. The van der Waals surface area contributed by atoms with Gasteiger partial charge in [-0.15, -0.1) is 0 Å². The summed E-state index contributed by atoms with van der Waals surface area (Å²) in [4.78, 5) is 20.6. The van der Waals surface area contributed by atoms with Crippen LogP contribution in [0.2, 0.25) is 0 Å². The number of oxazole rings is 1. The predicted molar refractivity (Wildman–Crippen MR) is 199 cm³/mol. The number of hydrogen-bond acceptors (Lipinski definition) is 6. The van der Waals surface area contributed by atoms with Gasteiger partial charge in [-0.05, 0) is 52.2 Å². The molecule has 0 radical (unpaired) electrons. The molecule has 0 amide bonds. The minimum absolute atomic E-state index is 0.485. The first kappa shape index (κ1) is 28.1. The Labute approximate surface area is 286 Å². The van der Waals surface area contributed by atoms with Crippen LogP contribution in [0.25, 0.3) is 101 Å². The van der Waals surface area contributed by atoms with Gasteiger partial charge in [-0.25, -0.2) is 19.9 Å². The van der Waals surface area contributed by atoms with Crippen molar-refractivity contribution < 1.29 is 8.83 Å². The Morgan fingerprint density at radius 2 is 0.980 bits per heavy atom. The summed E-state index contributed by atoms with van der Waals surface area (Å²) in [5.74, 6) is 2.11. The maximum atomic E-state index is 6.42. The van der Waals surface area contributed by atoms with E-state index in [1.165, 1.54) is 0 Å². The SMILES string of the molecule is c1ccc(-c2nc(-c3cc(-c4ccccc4)c4ccccc4c3)nc(-c3c4nc(-c5ccccc5)oc4cc4oc5ccccc5c34)n2)cc1. The highest BCUT2D eigenvalue weighted by Crippen LogP contribution is 2.43. The first-order valence-electron chi connectivity index (χ1n) is 16.5. The van der Waals surface area contributed by atoms with E-state index in [0.29, 0.717) is 40.0 Å². The molecule has 234 valence electrons. The van der Waals surface area contributed by atoms with Gasteiger partial charge in [-0.2, -0.15) is 0 Å². The van der Waals surface area contributed by atoms with Crippen LogP contribution >= 0.6 is 0 Å². The Bertz CT molecular complexity index is 2860.